The number of alkyl halides is 1. The van der Waals surface area contributed by atoms with E-state index >= 15 is 0 Å². The number of halogens is 1. The average Bonchev–Trinajstić information content (AvgIpc) is 3.98. The second-order valence-electron chi connectivity index (χ2n) is 12.8. The topological polar surface area (TPSA) is 163 Å². The van der Waals surface area contributed by atoms with Crippen molar-refractivity contribution < 1.29 is 28.7 Å². The molecule has 2 amide bonds. The summed E-state index contributed by atoms with van der Waals surface area (Å²) in [5.41, 5.74) is 0.795. The number of nitrogens with zero attached hydrogens (tertiary/aromatic N) is 6. The Labute approximate surface area is 325 Å². The third-order valence-electron chi connectivity index (χ3n) is 9.55. The number of carbonyl (C=O) groups excluding carboxylic acids is 2. The molecule has 8 rings (SSSR count). The van der Waals surface area contributed by atoms with E-state index in [2.05, 4.69) is 35.0 Å². The van der Waals surface area contributed by atoms with Crippen molar-refractivity contribution in [2.75, 3.05) is 24.5 Å². The van der Waals surface area contributed by atoms with Crippen LogP contribution in [0.1, 0.15) is 28.2 Å². The molecule has 2 aliphatic rings. The molecule has 13 nitrogen and oxygen atoms in total. The largest absolute Gasteiger partial charge is 0.481 e. The molecule has 0 saturated carbocycles. The summed E-state index contributed by atoms with van der Waals surface area (Å²) in [5, 5.41) is 22.0. The summed E-state index contributed by atoms with van der Waals surface area (Å²) in [4.78, 5) is 55.6. The quantitative estimate of drug-likeness (QED) is 0.0591. The molecule has 0 spiro atoms. The number of fused-ring (bicyclic) bond motifs is 2. The minimum atomic E-state index is -1.36. The molecule has 3 N–H and O–H groups in total. The van der Waals surface area contributed by atoms with Crippen LogP contribution in [0, 0.1) is 5.41 Å². The number of thioether (sulfide) groups is 1. The van der Waals surface area contributed by atoms with Gasteiger partial charge >= 0.3 is 5.97 Å². The molecule has 6 aromatic rings. The maximum atomic E-state index is 13.8. The first-order valence-corrected chi connectivity index (χ1v) is 19.6. The van der Waals surface area contributed by atoms with Gasteiger partial charge in [-0.1, -0.05) is 102 Å². The Morgan fingerprint density at radius 1 is 1.04 bits per heavy atom. The number of rotatable bonds is 13. The van der Waals surface area contributed by atoms with E-state index in [0.717, 1.165) is 38.7 Å². The van der Waals surface area contributed by atoms with E-state index in [1.807, 2.05) is 101 Å². The smallest absolute Gasteiger partial charge is 0.316 e. The molecule has 3 aromatic carbocycles. The van der Waals surface area contributed by atoms with Crippen molar-refractivity contribution in [2.45, 2.75) is 17.0 Å². The van der Waals surface area contributed by atoms with E-state index < -0.39 is 52.7 Å². The lowest BCUT2D eigenvalue weighted by molar-refractivity contribution is -0.156. The highest BCUT2D eigenvalue weighted by Crippen LogP contribution is 2.44. The van der Waals surface area contributed by atoms with Crippen LogP contribution in [0.2, 0.25) is 0 Å². The van der Waals surface area contributed by atoms with Crippen LogP contribution in [0.25, 0.3) is 10.9 Å². The summed E-state index contributed by atoms with van der Waals surface area (Å²) < 4.78 is 19.5. The SMILES string of the molecule is O=C(N[C@@H]1C(=O)N2CC(C=Cc3csc4cncn34)(C(=O)O)CS[C@H]12)C(=NOCF)c1nsc(NC(c2ccccc2)(c2ccccc2)c2ccccc2)n1. The summed E-state index contributed by atoms with van der Waals surface area (Å²) in [5.74, 6) is -2.38. The Morgan fingerprint density at radius 3 is 2.31 bits per heavy atom. The van der Waals surface area contributed by atoms with Crippen LogP contribution in [-0.4, -0.2) is 82.8 Å². The van der Waals surface area contributed by atoms with Crippen molar-refractivity contribution in [3.63, 3.8) is 0 Å². The zero-order valence-corrected chi connectivity index (χ0v) is 31.1. The van der Waals surface area contributed by atoms with E-state index in [0.29, 0.717) is 5.13 Å². The maximum absolute atomic E-state index is 13.8. The highest BCUT2D eigenvalue weighted by Gasteiger charge is 2.57. The zero-order chi connectivity index (χ0) is 38.0. The fourth-order valence-corrected chi connectivity index (χ4v) is 9.76. The molecule has 2 saturated heterocycles. The summed E-state index contributed by atoms with van der Waals surface area (Å²) in [6.07, 6.45) is 6.71. The predicted molar refractivity (Wildman–Crippen MR) is 208 cm³/mol. The number of thiazole rings is 1. The summed E-state index contributed by atoms with van der Waals surface area (Å²) in [6, 6.07) is 28.5. The molecule has 55 heavy (non-hydrogen) atoms. The van der Waals surface area contributed by atoms with Gasteiger partial charge in [-0.15, -0.1) is 23.1 Å². The zero-order valence-electron chi connectivity index (χ0n) is 28.7. The summed E-state index contributed by atoms with van der Waals surface area (Å²) in [6.45, 7) is -1.40. The molecular formula is C38H31FN8O5S3. The van der Waals surface area contributed by atoms with Gasteiger partial charge in [-0.2, -0.15) is 9.36 Å². The number of nitrogens with one attached hydrogen (secondary N) is 2. The third-order valence-corrected chi connectivity index (χ3v) is 12.6. The standard InChI is InChI=1S/C38H31FN8O5S3/c39-22-52-44-29(31-42-36(55-45-31)43-38(24-10-4-1-5-11-24,25-12-6-2-7-13-25)26-14-8-3-9-15-26)32(48)41-30-33(49)46-20-37(35(50)51,21-54-34(30)46)17-16-27-19-53-28-18-40-23-47(27)28/h1-19,23,30,34H,20-22H2,(H,41,48)(H,50,51)(H,42,43,45)/t30-,34-,37?/m1/s1. The average molecular weight is 795 g/mol. The van der Waals surface area contributed by atoms with Gasteiger partial charge in [0.15, 0.2) is 0 Å². The van der Waals surface area contributed by atoms with Gasteiger partial charge in [0, 0.05) is 29.2 Å². The van der Waals surface area contributed by atoms with Gasteiger partial charge in [0.2, 0.25) is 22.6 Å². The van der Waals surface area contributed by atoms with Crippen LogP contribution in [0.3, 0.4) is 0 Å². The number of β-lactam (4-membered cyclic amide) rings is 1. The molecule has 278 valence electrons. The van der Waals surface area contributed by atoms with Crippen molar-refractivity contribution in [1.29, 1.82) is 0 Å². The van der Waals surface area contributed by atoms with Crippen molar-refractivity contribution in [3.05, 3.63) is 143 Å². The van der Waals surface area contributed by atoms with Gasteiger partial charge in [0.25, 0.3) is 12.8 Å². The number of hydrogen-bond donors (Lipinski definition) is 3. The van der Waals surface area contributed by atoms with Gasteiger partial charge < -0.3 is 25.5 Å². The number of carboxylic acids is 1. The monoisotopic (exact) mass is 794 g/mol. The summed E-state index contributed by atoms with van der Waals surface area (Å²) >= 11 is 3.70. The minimum Gasteiger partial charge on any atom is -0.481 e. The first kappa shape index (κ1) is 36.1. The van der Waals surface area contributed by atoms with Crippen LogP contribution < -0.4 is 10.6 Å². The lowest BCUT2D eigenvalue weighted by Crippen LogP contribution is -2.73. The Morgan fingerprint density at radius 2 is 1.69 bits per heavy atom. The normalized spacial score (nSPS) is 19.9. The molecule has 17 heteroatoms. The van der Waals surface area contributed by atoms with Crippen molar-refractivity contribution in [1.82, 2.24) is 29.0 Å². The number of anilines is 1. The number of benzene rings is 3. The number of amides is 2. The first-order valence-electron chi connectivity index (χ1n) is 16.9. The van der Waals surface area contributed by atoms with Gasteiger partial charge in [-0.25, -0.2) is 9.37 Å². The van der Waals surface area contributed by atoms with Crippen LogP contribution >= 0.6 is 34.6 Å². The second-order valence-corrected chi connectivity index (χ2v) is 15.5. The molecule has 0 bridgehead atoms. The number of hydrogen-bond acceptors (Lipinski definition) is 12. The van der Waals surface area contributed by atoms with E-state index in [1.165, 1.54) is 28.0 Å². The van der Waals surface area contributed by atoms with Crippen molar-refractivity contribution in [2.24, 2.45) is 10.6 Å². The fraction of sp³-hybridized carbons (Fsp3) is 0.184. The number of imidazole rings is 1. The molecule has 2 aliphatic heterocycles. The molecule has 1 unspecified atom stereocenters. The highest BCUT2D eigenvalue weighted by molar-refractivity contribution is 8.00. The molecule has 5 heterocycles. The lowest BCUT2D eigenvalue weighted by atomic mass is 9.77. The van der Waals surface area contributed by atoms with Gasteiger partial charge in [0.05, 0.1) is 11.9 Å². The Balaban J connectivity index is 1.03. The predicted octanol–water partition coefficient (Wildman–Crippen LogP) is 5.48. The lowest BCUT2D eigenvalue weighted by Gasteiger charge is -2.53. The second kappa shape index (κ2) is 15.1. The van der Waals surface area contributed by atoms with E-state index in [4.69, 9.17) is 0 Å². The van der Waals surface area contributed by atoms with Crippen LogP contribution in [-0.2, 0) is 24.8 Å². The van der Waals surface area contributed by atoms with Crippen LogP contribution in [0.15, 0.2) is 120 Å². The number of aromatic nitrogens is 4. The molecule has 0 radical (unpaired) electrons. The molecule has 3 atom stereocenters. The Hall–Kier alpha value is -5.91. The van der Waals surface area contributed by atoms with Gasteiger partial charge in [-0.3, -0.25) is 18.8 Å². The first-order chi connectivity index (χ1) is 26.8. The summed E-state index contributed by atoms with van der Waals surface area (Å²) in [7, 11) is 0. The number of aliphatic carboxylic acids is 1. The van der Waals surface area contributed by atoms with Crippen LogP contribution in [0.4, 0.5) is 9.52 Å². The molecular weight excluding hydrogens is 764 g/mol. The van der Waals surface area contributed by atoms with Crippen LogP contribution in [0.5, 0.6) is 0 Å². The molecule has 2 fully saturated rings. The third kappa shape index (κ3) is 6.63. The number of carbonyl (C=O) groups is 3. The van der Waals surface area contributed by atoms with E-state index in [9.17, 15) is 23.9 Å². The van der Waals surface area contributed by atoms with E-state index in [1.54, 1.807) is 24.7 Å². The fourth-order valence-electron chi connectivity index (χ4n) is 6.80. The van der Waals surface area contributed by atoms with Crippen molar-refractivity contribution >= 4 is 74.2 Å². The minimum absolute atomic E-state index is 0.0838. The molecule has 3 aromatic heterocycles. The number of carboxylic acid groups (broad SMARTS) is 1. The maximum Gasteiger partial charge on any atom is 0.316 e. The van der Waals surface area contributed by atoms with Crippen molar-refractivity contribution in [3.8, 4) is 0 Å². The molecule has 0 aliphatic carbocycles. The Kier molecular flexibility index (Phi) is 9.89. The highest BCUT2D eigenvalue weighted by atomic mass is 32.2. The Bertz CT molecular complexity index is 2310. The number of oxime groups is 1. The van der Waals surface area contributed by atoms with E-state index in [-0.39, 0.29) is 18.1 Å². The van der Waals surface area contributed by atoms with Gasteiger partial charge in [-0.05, 0) is 22.8 Å². The van der Waals surface area contributed by atoms with Gasteiger partial charge in [0.1, 0.15) is 33.5 Å².